The van der Waals surface area contributed by atoms with Crippen molar-refractivity contribution in [1.82, 2.24) is 5.32 Å². The Morgan fingerprint density at radius 3 is 2.56 bits per heavy atom. The van der Waals surface area contributed by atoms with Gasteiger partial charge in [0.05, 0.1) is 6.04 Å². The molecule has 0 spiro atoms. The fraction of sp³-hybridized carbons (Fsp3) is 0.345. The fourth-order valence-corrected chi connectivity index (χ4v) is 6.61. The van der Waals surface area contributed by atoms with Gasteiger partial charge in [-0.15, -0.1) is 0 Å². The van der Waals surface area contributed by atoms with Crippen LogP contribution in [0.15, 0.2) is 72.8 Å². The van der Waals surface area contributed by atoms with Crippen molar-refractivity contribution >= 4 is 11.6 Å². The van der Waals surface area contributed by atoms with Crippen molar-refractivity contribution in [3.63, 3.8) is 0 Å². The first-order valence-corrected chi connectivity index (χ1v) is 12.0. The fourth-order valence-electron chi connectivity index (χ4n) is 6.61. The molecule has 3 nitrogen and oxygen atoms in total. The van der Waals surface area contributed by atoms with E-state index in [9.17, 15) is 4.79 Å². The Morgan fingerprint density at radius 2 is 1.75 bits per heavy atom. The molecule has 1 heterocycles. The number of amides is 1. The molecule has 0 aromatic heterocycles. The van der Waals surface area contributed by atoms with Crippen molar-refractivity contribution in [2.45, 2.75) is 44.7 Å². The number of rotatable bonds is 4. The van der Waals surface area contributed by atoms with Crippen LogP contribution in [-0.2, 0) is 6.54 Å². The van der Waals surface area contributed by atoms with Crippen LogP contribution in [0, 0.1) is 24.7 Å². The molecule has 3 aliphatic rings. The summed E-state index contributed by atoms with van der Waals surface area (Å²) in [6.45, 7) is 2.64. The zero-order chi connectivity index (χ0) is 21.7. The van der Waals surface area contributed by atoms with Gasteiger partial charge in [0, 0.05) is 17.8 Å². The maximum atomic E-state index is 13.0. The van der Waals surface area contributed by atoms with Crippen molar-refractivity contribution < 1.29 is 4.79 Å². The van der Waals surface area contributed by atoms with Crippen molar-refractivity contribution in [2.24, 2.45) is 17.8 Å². The lowest BCUT2D eigenvalue weighted by Crippen LogP contribution is -2.35. The summed E-state index contributed by atoms with van der Waals surface area (Å²) in [6.07, 6.45) is 4.02. The Morgan fingerprint density at radius 1 is 0.969 bits per heavy atom. The zero-order valence-electron chi connectivity index (χ0n) is 18.6. The van der Waals surface area contributed by atoms with Crippen LogP contribution in [0.4, 0.5) is 5.69 Å². The van der Waals surface area contributed by atoms with Crippen LogP contribution in [0.2, 0.25) is 0 Å². The molecular weight excluding hydrogens is 392 g/mol. The molecule has 2 fully saturated rings. The average Bonchev–Trinajstić information content (AvgIpc) is 3.46. The lowest BCUT2D eigenvalue weighted by molar-refractivity contribution is 0.0950. The van der Waals surface area contributed by atoms with E-state index in [2.05, 4.69) is 84.3 Å². The first-order chi connectivity index (χ1) is 15.7. The maximum Gasteiger partial charge on any atom is 0.251 e. The Kier molecular flexibility index (Phi) is 4.78. The van der Waals surface area contributed by atoms with Crippen molar-refractivity contribution in [3.05, 3.63) is 101 Å². The summed E-state index contributed by atoms with van der Waals surface area (Å²) in [7, 11) is 0. The Balaban J connectivity index is 1.28. The minimum atomic E-state index is 0.0123. The van der Waals surface area contributed by atoms with Gasteiger partial charge >= 0.3 is 0 Å². The smallest absolute Gasteiger partial charge is 0.251 e. The van der Waals surface area contributed by atoms with Gasteiger partial charge in [-0.1, -0.05) is 60.2 Å². The minimum Gasteiger partial charge on any atom is -0.378 e. The molecule has 32 heavy (non-hydrogen) atoms. The normalized spacial score (nSPS) is 27.3. The van der Waals surface area contributed by atoms with E-state index >= 15 is 0 Å². The van der Waals surface area contributed by atoms with E-state index in [-0.39, 0.29) is 5.91 Å². The number of benzene rings is 3. The number of hydrogen-bond acceptors (Lipinski definition) is 2. The highest BCUT2D eigenvalue weighted by Gasteiger charge is 2.53. The number of nitrogens with one attached hydrogen (secondary N) is 2. The first-order valence-electron chi connectivity index (χ1n) is 12.0. The van der Waals surface area contributed by atoms with E-state index in [4.69, 9.17) is 0 Å². The summed E-state index contributed by atoms with van der Waals surface area (Å²) in [6, 6.07) is 25.9. The molecule has 1 aliphatic heterocycles. The summed E-state index contributed by atoms with van der Waals surface area (Å²) in [5, 5.41) is 6.98. The average molecular weight is 423 g/mol. The van der Waals surface area contributed by atoms with Gasteiger partial charge in [0.1, 0.15) is 0 Å². The second-order valence-corrected chi connectivity index (χ2v) is 9.94. The van der Waals surface area contributed by atoms with Crippen LogP contribution < -0.4 is 10.6 Å². The van der Waals surface area contributed by atoms with E-state index in [1.807, 2.05) is 6.07 Å². The van der Waals surface area contributed by atoms with Crippen LogP contribution in [0.5, 0.6) is 0 Å². The molecule has 2 N–H and O–H groups in total. The predicted octanol–water partition coefficient (Wildman–Crippen LogP) is 6.22. The molecule has 3 heteroatoms. The van der Waals surface area contributed by atoms with Gasteiger partial charge in [0.2, 0.25) is 0 Å². The SMILES string of the molecule is Cc1ccc(CNC(=O)c2ccc3c(c2)[C@@H]2[C@H]4CC[C@@H](C4)[C@@H]2[C@@H](c2ccccc2)N3)cc1. The quantitative estimate of drug-likeness (QED) is 0.524. The maximum absolute atomic E-state index is 13.0. The highest BCUT2D eigenvalue weighted by Crippen LogP contribution is 2.63. The second kappa shape index (κ2) is 7.81. The molecule has 1 amide bonds. The second-order valence-electron chi connectivity index (χ2n) is 9.94. The Hall–Kier alpha value is -3.07. The first kappa shape index (κ1) is 19.6. The summed E-state index contributed by atoms with van der Waals surface area (Å²) in [5.74, 6) is 2.73. The third kappa shape index (κ3) is 3.31. The number of hydrogen-bond donors (Lipinski definition) is 2. The molecule has 2 saturated carbocycles. The summed E-state index contributed by atoms with van der Waals surface area (Å²) >= 11 is 0. The molecule has 6 rings (SSSR count). The molecular formula is C29H30N2O. The van der Waals surface area contributed by atoms with E-state index in [0.717, 1.165) is 23.0 Å². The van der Waals surface area contributed by atoms with Gasteiger partial charge < -0.3 is 10.6 Å². The molecule has 2 aliphatic carbocycles. The van der Waals surface area contributed by atoms with Crippen LogP contribution >= 0.6 is 0 Å². The van der Waals surface area contributed by atoms with Crippen molar-refractivity contribution in [2.75, 3.05) is 5.32 Å². The van der Waals surface area contributed by atoms with E-state index in [1.54, 1.807) is 0 Å². The largest absolute Gasteiger partial charge is 0.378 e. The lowest BCUT2D eigenvalue weighted by Gasteiger charge is -2.43. The Bertz CT molecular complexity index is 1140. The van der Waals surface area contributed by atoms with Gasteiger partial charge in [-0.3, -0.25) is 4.79 Å². The predicted molar refractivity (Wildman–Crippen MR) is 129 cm³/mol. The van der Waals surface area contributed by atoms with Gasteiger partial charge in [0.15, 0.2) is 0 Å². The highest BCUT2D eigenvalue weighted by atomic mass is 16.1. The van der Waals surface area contributed by atoms with E-state index in [1.165, 1.54) is 41.6 Å². The highest BCUT2D eigenvalue weighted by molar-refractivity contribution is 5.95. The van der Waals surface area contributed by atoms with E-state index in [0.29, 0.717) is 24.4 Å². The van der Waals surface area contributed by atoms with Crippen LogP contribution in [0.3, 0.4) is 0 Å². The molecule has 0 unspecified atom stereocenters. The summed E-state index contributed by atoms with van der Waals surface area (Å²) in [5.41, 5.74) is 7.09. The van der Waals surface area contributed by atoms with Gasteiger partial charge in [-0.25, -0.2) is 0 Å². The van der Waals surface area contributed by atoms with Crippen molar-refractivity contribution in [1.29, 1.82) is 0 Å². The van der Waals surface area contributed by atoms with Gasteiger partial charge in [-0.2, -0.15) is 0 Å². The third-order valence-corrected chi connectivity index (χ3v) is 8.08. The number of carbonyl (C=O) groups is 1. The number of anilines is 1. The Labute approximate surface area is 190 Å². The molecule has 3 aromatic carbocycles. The summed E-state index contributed by atoms with van der Waals surface area (Å²) in [4.78, 5) is 13.0. The lowest BCUT2D eigenvalue weighted by atomic mass is 9.68. The van der Waals surface area contributed by atoms with Gasteiger partial charge in [0.25, 0.3) is 5.91 Å². The van der Waals surface area contributed by atoms with Crippen molar-refractivity contribution in [3.8, 4) is 0 Å². The van der Waals surface area contributed by atoms with E-state index < -0.39 is 0 Å². The minimum absolute atomic E-state index is 0.0123. The molecule has 5 atom stereocenters. The summed E-state index contributed by atoms with van der Waals surface area (Å²) < 4.78 is 0. The molecule has 0 saturated heterocycles. The number of carbonyl (C=O) groups excluding carboxylic acids is 1. The number of aryl methyl sites for hydroxylation is 1. The van der Waals surface area contributed by atoms with Crippen LogP contribution in [0.25, 0.3) is 0 Å². The zero-order valence-corrected chi connectivity index (χ0v) is 18.6. The topological polar surface area (TPSA) is 41.1 Å². The number of fused-ring (bicyclic) bond motifs is 7. The third-order valence-electron chi connectivity index (χ3n) is 8.08. The van der Waals surface area contributed by atoms with Crippen LogP contribution in [-0.4, -0.2) is 5.91 Å². The molecule has 0 radical (unpaired) electrons. The monoisotopic (exact) mass is 422 g/mol. The molecule has 2 bridgehead atoms. The standard InChI is InChI=1S/C29H30N2O/c1-18-7-9-19(10-8-18)17-30-29(32)23-13-14-25-24(16-23)26-21-11-12-22(15-21)27(26)28(31-25)20-5-3-2-4-6-20/h2-10,13-14,16,21-22,26-28,31H,11-12,15,17H2,1H3,(H,30,32)/t21-,22-,26-,27-,28+/m0/s1. The van der Waals surface area contributed by atoms with Gasteiger partial charge in [-0.05, 0) is 84.7 Å². The molecule has 3 aromatic rings. The molecule has 162 valence electrons. The van der Waals surface area contributed by atoms with Crippen LogP contribution in [0.1, 0.15) is 63.8 Å².